The molecule has 3 aromatic rings. The van der Waals surface area contributed by atoms with Crippen molar-refractivity contribution in [1.82, 2.24) is 9.88 Å². The van der Waals surface area contributed by atoms with Crippen molar-refractivity contribution in [2.24, 2.45) is 10.7 Å². The second-order valence-corrected chi connectivity index (χ2v) is 10.6. The molecule has 0 bridgehead atoms. The summed E-state index contributed by atoms with van der Waals surface area (Å²) in [6.45, 7) is 10.6. The number of rotatable bonds is 7. The van der Waals surface area contributed by atoms with Gasteiger partial charge in [0.05, 0.1) is 12.8 Å². The SMILES string of the molecule is COC(=Nc1cccc(-c2cccc(C)c2OCc2ccc3c(c2C)CCN(C2CCOCC2)C3)n1)C(C)=CN. The van der Waals surface area contributed by atoms with E-state index in [1.54, 1.807) is 7.11 Å². The van der Waals surface area contributed by atoms with Crippen LogP contribution >= 0.6 is 0 Å². The molecule has 0 amide bonds. The van der Waals surface area contributed by atoms with Gasteiger partial charge < -0.3 is 19.9 Å². The Morgan fingerprint density at radius 2 is 1.93 bits per heavy atom. The number of aliphatic imine (C=N–C) groups is 1. The van der Waals surface area contributed by atoms with Gasteiger partial charge in [0.25, 0.3) is 0 Å². The maximum absolute atomic E-state index is 6.54. The number of hydrogen-bond donors (Lipinski definition) is 1. The molecular weight excluding hydrogens is 500 g/mol. The standard InChI is InChI=1S/C33H40N4O3/c1-22-7-5-8-29(30-9-6-10-31(35-30)36-33(38-4)23(2)19-34)32(22)40-21-26-12-11-25-20-37(16-13-28(25)24(26)3)27-14-17-39-18-15-27/h5-12,19,27H,13-18,20-21,34H2,1-4H3. The van der Waals surface area contributed by atoms with E-state index >= 15 is 0 Å². The van der Waals surface area contributed by atoms with E-state index in [0.29, 0.717) is 24.4 Å². The molecule has 1 fully saturated rings. The zero-order chi connectivity index (χ0) is 28.1. The average Bonchev–Trinajstić information content (AvgIpc) is 3.00. The lowest BCUT2D eigenvalue weighted by molar-refractivity contribution is 0.0290. The van der Waals surface area contributed by atoms with Crippen LogP contribution in [0.15, 0.2) is 65.3 Å². The molecular formula is C33H40N4O3. The Morgan fingerprint density at radius 3 is 2.70 bits per heavy atom. The number of benzene rings is 2. The third kappa shape index (κ3) is 6.06. The van der Waals surface area contributed by atoms with Crippen molar-refractivity contribution < 1.29 is 14.2 Å². The molecule has 1 aromatic heterocycles. The predicted molar refractivity (Wildman–Crippen MR) is 160 cm³/mol. The Morgan fingerprint density at radius 1 is 1.12 bits per heavy atom. The van der Waals surface area contributed by atoms with E-state index in [1.165, 1.54) is 28.5 Å². The molecule has 0 unspecified atom stereocenters. The summed E-state index contributed by atoms with van der Waals surface area (Å²) in [6, 6.07) is 17.1. The molecule has 0 saturated carbocycles. The van der Waals surface area contributed by atoms with Gasteiger partial charge in [-0.05, 0) is 86.1 Å². The van der Waals surface area contributed by atoms with Gasteiger partial charge in [-0.15, -0.1) is 0 Å². The van der Waals surface area contributed by atoms with Gasteiger partial charge in [-0.25, -0.2) is 4.98 Å². The summed E-state index contributed by atoms with van der Waals surface area (Å²) in [7, 11) is 1.58. The summed E-state index contributed by atoms with van der Waals surface area (Å²) in [4.78, 5) is 12.0. The largest absolute Gasteiger partial charge is 0.488 e. The molecule has 1 saturated heterocycles. The van der Waals surface area contributed by atoms with Crippen LogP contribution in [-0.2, 0) is 29.0 Å². The highest BCUT2D eigenvalue weighted by Gasteiger charge is 2.26. The van der Waals surface area contributed by atoms with Crippen LogP contribution < -0.4 is 10.5 Å². The van der Waals surface area contributed by atoms with Gasteiger partial charge in [0.1, 0.15) is 12.4 Å². The Balaban J connectivity index is 1.36. The first kappa shape index (κ1) is 27.9. The Kier molecular flexibility index (Phi) is 8.82. The van der Waals surface area contributed by atoms with Crippen molar-refractivity contribution >= 4 is 11.7 Å². The molecule has 40 heavy (non-hydrogen) atoms. The zero-order valence-corrected chi connectivity index (χ0v) is 24.1. The van der Waals surface area contributed by atoms with Gasteiger partial charge >= 0.3 is 0 Å². The van der Waals surface area contributed by atoms with Crippen LogP contribution in [0.25, 0.3) is 11.3 Å². The molecule has 7 heteroatoms. The van der Waals surface area contributed by atoms with Gasteiger partial charge in [-0.2, -0.15) is 4.99 Å². The molecule has 0 radical (unpaired) electrons. The highest BCUT2D eigenvalue weighted by atomic mass is 16.5. The number of fused-ring (bicyclic) bond motifs is 1. The van der Waals surface area contributed by atoms with Crippen LogP contribution in [0, 0.1) is 13.8 Å². The summed E-state index contributed by atoms with van der Waals surface area (Å²) in [6.07, 6.45) is 4.84. The quantitative estimate of drug-likeness (QED) is 0.292. The van der Waals surface area contributed by atoms with E-state index in [0.717, 1.165) is 73.7 Å². The van der Waals surface area contributed by atoms with E-state index in [4.69, 9.17) is 24.9 Å². The molecule has 7 nitrogen and oxygen atoms in total. The van der Waals surface area contributed by atoms with Crippen molar-refractivity contribution in [2.45, 2.75) is 59.2 Å². The summed E-state index contributed by atoms with van der Waals surface area (Å²) in [5, 5.41) is 0. The van der Waals surface area contributed by atoms with Gasteiger partial charge in [0.2, 0.25) is 5.90 Å². The fourth-order valence-corrected chi connectivity index (χ4v) is 5.73. The molecule has 3 heterocycles. The molecule has 5 rings (SSSR count). The van der Waals surface area contributed by atoms with Crippen molar-refractivity contribution in [2.75, 3.05) is 26.9 Å². The van der Waals surface area contributed by atoms with Gasteiger partial charge in [-0.1, -0.05) is 30.3 Å². The molecule has 2 N–H and O–H groups in total. The van der Waals surface area contributed by atoms with E-state index in [2.05, 4.69) is 41.9 Å². The minimum Gasteiger partial charge on any atom is -0.488 e. The third-order valence-electron chi connectivity index (χ3n) is 8.13. The van der Waals surface area contributed by atoms with E-state index in [9.17, 15) is 0 Å². The summed E-state index contributed by atoms with van der Waals surface area (Å²) in [5.74, 6) is 1.82. The first-order valence-corrected chi connectivity index (χ1v) is 14.1. The van der Waals surface area contributed by atoms with Crippen LogP contribution in [-0.4, -0.2) is 48.7 Å². The minimum absolute atomic E-state index is 0.437. The van der Waals surface area contributed by atoms with Crippen LogP contribution in [0.3, 0.4) is 0 Å². The van der Waals surface area contributed by atoms with Gasteiger partial charge in [0.15, 0.2) is 5.82 Å². The number of aromatic nitrogens is 1. The number of aryl methyl sites for hydroxylation is 1. The molecule has 2 aromatic carbocycles. The molecule has 2 aliphatic heterocycles. The van der Waals surface area contributed by atoms with E-state index < -0.39 is 0 Å². The maximum Gasteiger partial charge on any atom is 0.219 e. The molecule has 0 atom stereocenters. The highest BCUT2D eigenvalue weighted by Crippen LogP contribution is 2.34. The molecule has 2 aliphatic rings. The first-order valence-electron chi connectivity index (χ1n) is 14.1. The first-order chi connectivity index (χ1) is 19.5. The summed E-state index contributed by atoms with van der Waals surface area (Å²) in [5.41, 5.74) is 14.7. The topological polar surface area (TPSA) is 82.2 Å². The lowest BCUT2D eigenvalue weighted by Gasteiger charge is -2.38. The van der Waals surface area contributed by atoms with Crippen LogP contribution in [0.5, 0.6) is 5.75 Å². The number of pyridine rings is 1. The van der Waals surface area contributed by atoms with Crippen LogP contribution in [0.2, 0.25) is 0 Å². The lowest BCUT2D eigenvalue weighted by Crippen LogP contribution is -2.42. The average molecular weight is 541 g/mol. The smallest absolute Gasteiger partial charge is 0.219 e. The Hall–Kier alpha value is -3.68. The number of hydrogen-bond acceptors (Lipinski definition) is 7. The maximum atomic E-state index is 6.54. The minimum atomic E-state index is 0.437. The number of ether oxygens (including phenoxy) is 3. The lowest BCUT2D eigenvalue weighted by atomic mass is 9.90. The van der Waals surface area contributed by atoms with E-state index in [-0.39, 0.29) is 0 Å². The monoisotopic (exact) mass is 540 g/mol. The fraction of sp³-hybridized carbons (Fsp3) is 0.394. The third-order valence-corrected chi connectivity index (χ3v) is 8.13. The summed E-state index contributed by atoms with van der Waals surface area (Å²) < 4.78 is 17.5. The predicted octanol–water partition coefficient (Wildman–Crippen LogP) is 6.02. The summed E-state index contributed by atoms with van der Waals surface area (Å²) >= 11 is 0. The Bertz CT molecular complexity index is 1410. The number of nitrogens with zero attached hydrogens (tertiary/aromatic N) is 3. The van der Waals surface area contributed by atoms with E-state index in [1.807, 2.05) is 37.3 Å². The molecule has 0 spiro atoms. The number of methoxy groups -OCH3 is 1. The second-order valence-electron chi connectivity index (χ2n) is 10.6. The highest BCUT2D eigenvalue weighted by molar-refractivity contribution is 5.94. The Labute approximate surface area is 237 Å². The number of para-hydroxylation sites is 1. The normalized spacial score (nSPS) is 17.0. The van der Waals surface area contributed by atoms with Gasteiger partial charge in [0, 0.05) is 49.7 Å². The van der Waals surface area contributed by atoms with Crippen LogP contribution in [0.4, 0.5) is 5.82 Å². The van der Waals surface area contributed by atoms with Crippen molar-refractivity contribution in [3.05, 3.63) is 88.1 Å². The second kappa shape index (κ2) is 12.7. The molecule has 210 valence electrons. The van der Waals surface area contributed by atoms with Crippen molar-refractivity contribution in [1.29, 1.82) is 0 Å². The fourth-order valence-electron chi connectivity index (χ4n) is 5.73. The van der Waals surface area contributed by atoms with Crippen molar-refractivity contribution in [3.63, 3.8) is 0 Å². The van der Waals surface area contributed by atoms with Gasteiger partial charge in [-0.3, -0.25) is 4.90 Å². The molecule has 0 aliphatic carbocycles. The van der Waals surface area contributed by atoms with Crippen molar-refractivity contribution in [3.8, 4) is 17.0 Å². The number of nitrogens with two attached hydrogens (primary N) is 1. The zero-order valence-electron chi connectivity index (χ0n) is 24.1. The van der Waals surface area contributed by atoms with Crippen LogP contribution in [0.1, 0.15) is 47.6 Å².